The Hall–Kier alpha value is -2.77. The summed E-state index contributed by atoms with van der Waals surface area (Å²) in [6.45, 7) is 0.0910. The molecular weight excluding hydrogens is 265 g/mol. The van der Waals surface area contributed by atoms with Gasteiger partial charge in [0.25, 0.3) is 0 Å². The quantitative estimate of drug-likeness (QED) is 0.642. The van der Waals surface area contributed by atoms with Crippen molar-refractivity contribution >= 4 is 17.5 Å². The lowest BCUT2D eigenvalue weighted by Gasteiger charge is -2.08. The lowest BCUT2D eigenvalue weighted by atomic mass is 10.2. The molecule has 0 fully saturated rings. The molecule has 0 atom stereocenters. The van der Waals surface area contributed by atoms with E-state index in [1.54, 1.807) is 25.2 Å². The molecule has 20 heavy (non-hydrogen) atoms. The molecule has 104 valence electrons. The first-order valence-electron chi connectivity index (χ1n) is 5.78. The van der Waals surface area contributed by atoms with Crippen molar-refractivity contribution in [3.63, 3.8) is 0 Å². The number of anilines is 2. The van der Waals surface area contributed by atoms with Gasteiger partial charge in [0.2, 0.25) is 11.8 Å². The molecular formula is C12H12FN5O2. The summed E-state index contributed by atoms with van der Waals surface area (Å²) in [5.74, 6) is -0.102. The van der Waals surface area contributed by atoms with E-state index in [0.29, 0.717) is 5.56 Å². The standard InChI is InChI=1S/C12H12FN5O2/c1-14-12-16-7-10(18(19)20)11(17-12)15-6-8-4-2-3-5-9(8)13/h2-5,7H,6H2,1H3,(H2,14,15,16,17). The van der Waals surface area contributed by atoms with Crippen LogP contribution in [-0.2, 0) is 6.54 Å². The largest absolute Gasteiger partial charge is 0.360 e. The van der Waals surface area contributed by atoms with Crippen molar-refractivity contribution in [1.29, 1.82) is 0 Å². The predicted molar refractivity (Wildman–Crippen MR) is 72.0 cm³/mol. The highest BCUT2D eigenvalue weighted by Crippen LogP contribution is 2.22. The van der Waals surface area contributed by atoms with Gasteiger partial charge in [0.1, 0.15) is 12.0 Å². The molecule has 0 unspecified atom stereocenters. The van der Waals surface area contributed by atoms with E-state index in [1.807, 2.05) is 0 Å². The van der Waals surface area contributed by atoms with Crippen molar-refractivity contribution in [2.45, 2.75) is 6.54 Å². The third-order valence-corrected chi connectivity index (χ3v) is 2.59. The Kier molecular flexibility index (Phi) is 4.04. The van der Waals surface area contributed by atoms with Crippen molar-refractivity contribution < 1.29 is 9.31 Å². The van der Waals surface area contributed by atoms with Crippen LogP contribution in [0, 0.1) is 15.9 Å². The van der Waals surface area contributed by atoms with E-state index >= 15 is 0 Å². The summed E-state index contributed by atoms with van der Waals surface area (Å²) in [7, 11) is 1.60. The Balaban J connectivity index is 2.24. The van der Waals surface area contributed by atoms with Gasteiger partial charge in [-0.15, -0.1) is 0 Å². The molecule has 1 aromatic carbocycles. The molecule has 0 spiro atoms. The van der Waals surface area contributed by atoms with E-state index in [0.717, 1.165) is 6.20 Å². The van der Waals surface area contributed by atoms with Gasteiger partial charge >= 0.3 is 5.69 Å². The highest BCUT2D eigenvalue weighted by Gasteiger charge is 2.17. The van der Waals surface area contributed by atoms with Crippen LogP contribution in [0.1, 0.15) is 5.56 Å². The summed E-state index contributed by atoms with van der Waals surface area (Å²) in [6, 6.07) is 6.18. The second-order valence-corrected chi connectivity index (χ2v) is 3.88. The number of aromatic nitrogens is 2. The number of halogens is 1. The molecule has 0 saturated heterocycles. The lowest BCUT2D eigenvalue weighted by molar-refractivity contribution is -0.384. The second kappa shape index (κ2) is 5.91. The van der Waals surface area contributed by atoms with E-state index < -0.39 is 4.92 Å². The number of nitrogens with zero attached hydrogens (tertiary/aromatic N) is 3. The minimum atomic E-state index is -0.594. The number of nitrogens with one attached hydrogen (secondary N) is 2. The van der Waals surface area contributed by atoms with Crippen molar-refractivity contribution in [3.8, 4) is 0 Å². The molecule has 0 aliphatic heterocycles. The number of nitro groups is 1. The number of hydrogen-bond donors (Lipinski definition) is 2. The van der Waals surface area contributed by atoms with Crippen LogP contribution in [0.4, 0.5) is 21.8 Å². The number of benzene rings is 1. The molecule has 0 radical (unpaired) electrons. The van der Waals surface area contributed by atoms with Crippen molar-refractivity contribution in [1.82, 2.24) is 9.97 Å². The molecule has 0 aliphatic carbocycles. The van der Waals surface area contributed by atoms with Gasteiger partial charge in [0.05, 0.1) is 4.92 Å². The van der Waals surface area contributed by atoms with Crippen molar-refractivity contribution in [2.24, 2.45) is 0 Å². The molecule has 7 nitrogen and oxygen atoms in total. The fourth-order valence-electron chi connectivity index (χ4n) is 1.58. The summed E-state index contributed by atoms with van der Waals surface area (Å²) >= 11 is 0. The Morgan fingerprint density at radius 3 is 2.80 bits per heavy atom. The van der Waals surface area contributed by atoms with Crippen molar-refractivity contribution in [2.75, 3.05) is 17.7 Å². The van der Waals surface area contributed by atoms with Crippen LogP contribution < -0.4 is 10.6 Å². The monoisotopic (exact) mass is 277 g/mol. The Morgan fingerprint density at radius 2 is 2.15 bits per heavy atom. The maximum Gasteiger partial charge on any atom is 0.329 e. The smallest absolute Gasteiger partial charge is 0.329 e. The van der Waals surface area contributed by atoms with Gasteiger partial charge < -0.3 is 10.6 Å². The van der Waals surface area contributed by atoms with Gasteiger partial charge in [-0.25, -0.2) is 9.37 Å². The molecule has 8 heteroatoms. The lowest BCUT2D eigenvalue weighted by Crippen LogP contribution is -2.08. The van der Waals surface area contributed by atoms with Crippen LogP contribution in [-0.4, -0.2) is 21.9 Å². The van der Waals surface area contributed by atoms with Gasteiger partial charge in [-0.3, -0.25) is 10.1 Å². The molecule has 2 aromatic rings. The van der Waals surface area contributed by atoms with E-state index in [2.05, 4.69) is 20.6 Å². The Labute approximate surface area is 114 Å². The van der Waals surface area contributed by atoms with Crippen LogP contribution >= 0.6 is 0 Å². The minimum Gasteiger partial charge on any atom is -0.360 e. The van der Waals surface area contributed by atoms with Crippen LogP contribution in [0.5, 0.6) is 0 Å². The van der Waals surface area contributed by atoms with Crippen LogP contribution in [0.2, 0.25) is 0 Å². The average Bonchev–Trinajstić information content (AvgIpc) is 2.46. The highest BCUT2D eigenvalue weighted by atomic mass is 19.1. The van der Waals surface area contributed by atoms with Gasteiger partial charge in [-0.2, -0.15) is 4.98 Å². The zero-order chi connectivity index (χ0) is 14.5. The molecule has 0 bridgehead atoms. The molecule has 0 aliphatic rings. The zero-order valence-corrected chi connectivity index (χ0v) is 10.6. The second-order valence-electron chi connectivity index (χ2n) is 3.88. The summed E-state index contributed by atoms with van der Waals surface area (Å²) in [4.78, 5) is 18.0. The Bertz CT molecular complexity index is 635. The third kappa shape index (κ3) is 2.97. The molecule has 2 rings (SSSR count). The van der Waals surface area contributed by atoms with E-state index in [4.69, 9.17) is 0 Å². The average molecular weight is 277 g/mol. The summed E-state index contributed by atoms with van der Waals surface area (Å²) in [6.07, 6.45) is 1.10. The van der Waals surface area contributed by atoms with Gasteiger partial charge in [0, 0.05) is 19.2 Å². The molecule has 1 aromatic heterocycles. The van der Waals surface area contributed by atoms with E-state index in [-0.39, 0.29) is 29.8 Å². The van der Waals surface area contributed by atoms with Crippen LogP contribution in [0.3, 0.4) is 0 Å². The predicted octanol–water partition coefficient (Wildman–Crippen LogP) is 2.18. The van der Waals surface area contributed by atoms with Gasteiger partial charge in [0.15, 0.2) is 0 Å². The first-order chi connectivity index (χ1) is 9.61. The first-order valence-corrected chi connectivity index (χ1v) is 5.78. The molecule has 1 heterocycles. The third-order valence-electron chi connectivity index (χ3n) is 2.59. The van der Waals surface area contributed by atoms with Crippen LogP contribution in [0.15, 0.2) is 30.5 Å². The SMILES string of the molecule is CNc1ncc([N+](=O)[O-])c(NCc2ccccc2F)n1. The van der Waals surface area contributed by atoms with Crippen molar-refractivity contribution in [3.05, 3.63) is 52.0 Å². The van der Waals surface area contributed by atoms with E-state index in [1.165, 1.54) is 6.07 Å². The normalized spacial score (nSPS) is 10.1. The number of hydrogen-bond acceptors (Lipinski definition) is 6. The first kappa shape index (κ1) is 13.7. The van der Waals surface area contributed by atoms with E-state index in [9.17, 15) is 14.5 Å². The summed E-state index contributed by atoms with van der Waals surface area (Å²) in [5.41, 5.74) is 0.131. The maximum absolute atomic E-state index is 13.5. The highest BCUT2D eigenvalue weighted by molar-refractivity contribution is 5.57. The molecule has 0 amide bonds. The summed E-state index contributed by atoms with van der Waals surface area (Å²) in [5, 5.41) is 16.3. The molecule has 2 N–H and O–H groups in total. The number of rotatable bonds is 5. The van der Waals surface area contributed by atoms with Gasteiger partial charge in [-0.05, 0) is 6.07 Å². The summed E-state index contributed by atoms with van der Waals surface area (Å²) < 4.78 is 13.5. The maximum atomic E-state index is 13.5. The Morgan fingerprint density at radius 1 is 1.40 bits per heavy atom. The fraction of sp³-hybridized carbons (Fsp3) is 0.167. The zero-order valence-electron chi connectivity index (χ0n) is 10.6. The topological polar surface area (TPSA) is 93.0 Å². The van der Waals surface area contributed by atoms with Crippen LogP contribution in [0.25, 0.3) is 0 Å². The molecule has 0 saturated carbocycles. The fourth-order valence-corrected chi connectivity index (χ4v) is 1.58. The van der Waals surface area contributed by atoms with Gasteiger partial charge in [-0.1, -0.05) is 18.2 Å². The minimum absolute atomic E-state index is 0.0394.